The normalized spacial score (nSPS) is 29.8. The van der Waals surface area contributed by atoms with Crippen molar-refractivity contribution in [2.45, 2.75) is 45.3 Å². The summed E-state index contributed by atoms with van der Waals surface area (Å²) in [6, 6.07) is 0. The zero-order valence-electron chi connectivity index (χ0n) is 9.84. The number of hydrogen-bond donors (Lipinski definition) is 1. The van der Waals surface area contributed by atoms with Crippen molar-refractivity contribution in [3.05, 3.63) is 0 Å². The molecule has 3 nitrogen and oxygen atoms in total. The van der Waals surface area contributed by atoms with Gasteiger partial charge < -0.3 is 9.84 Å². The van der Waals surface area contributed by atoms with Gasteiger partial charge in [-0.05, 0) is 34.1 Å². The number of β-amino-alcohol motifs (C(OH)–C–C–N with tert-alkyl or cyclic N) is 1. The van der Waals surface area contributed by atoms with Crippen LogP contribution in [-0.2, 0) is 4.74 Å². The van der Waals surface area contributed by atoms with Crippen molar-refractivity contribution >= 4 is 0 Å². The highest BCUT2D eigenvalue weighted by Crippen LogP contribution is 2.19. The highest BCUT2D eigenvalue weighted by atomic mass is 16.5. The monoisotopic (exact) mass is 201 g/mol. The lowest BCUT2D eigenvalue weighted by molar-refractivity contribution is -0.0138. The molecule has 1 fully saturated rings. The van der Waals surface area contributed by atoms with Crippen LogP contribution in [0.1, 0.15) is 34.1 Å². The van der Waals surface area contributed by atoms with E-state index in [1.165, 1.54) is 0 Å². The smallest absolute Gasteiger partial charge is 0.0758 e. The van der Waals surface area contributed by atoms with Crippen molar-refractivity contribution < 1.29 is 9.84 Å². The summed E-state index contributed by atoms with van der Waals surface area (Å²) in [6.07, 6.45) is 0.877. The average Bonchev–Trinajstić information content (AvgIpc) is 2.27. The molecular weight excluding hydrogens is 178 g/mol. The maximum atomic E-state index is 9.74. The van der Waals surface area contributed by atoms with Crippen LogP contribution >= 0.6 is 0 Å². The Kier molecular flexibility index (Phi) is 3.56. The Morgan fingerprint density at radius 1 is 1.43 bits per heavy atom. The van der Waals surface area contributed by atoms with Crippen molar-refractivity contribution in [1.82, 2.24) is 4.90 Å². The third-order valence-corrected chi connectivity index (χ3v) is 2.47. The van der Waals surface area contributed by atoms with Gasteiger partial charge in [0.2, 0.25) is 0 Å². The highest BCUT2D eigenvalue weighted by molar-refractivity contribution is 4.85. The van der Waals surface area contributed by atoms with E-state index in [1.54, 1.807) is 0 Å². The molecule has 1 heterocycles. The van der Waals surface area contributed by atoms with Crippen LogP contribution in [-0.4, -0.2) is 47.4 Å². The standard InChI is InChI=1S/C11H23NO2/c1-10(2,3)14-8-7-12-6-5-11(4,13)9-12/h13H,5-9H2,1-4H3. The second-order valence-corrected chi connectivity index (χ2v) is 5.48. The first-order valence-corrected chi connectivity index (χ1v) is 5.37. The molecule has 0 amide bonds. The van der Waals surface area contributed by atoms with Gasteiger partial charge in [-0.15, -0.1) is 0 Å². The third-order valence-electron chi connectivity index (χ3n) is 2.47. The van der Waals surface area contributed by atoms with Crippen LogP contribution in [0.25, 0.3) is 0 Å². The maximum Gasteiger partial charge on any atom is 0.0758 e. The minimum Gasteiger partial charge on any atom is -0.389 e. The quantitative estimate of drug-likeness (QED) is 0.746. The number of hydrogen-bond acceptors (Lipinski definition) is 3. The predicted molar refractivity (Wildman–Crippen MR) is 57.4 cm³/mol. The maximum absolute atomic E-state index is 9.74. The summed E-state index contributed by atoms with van der Waals surface area (Å²) in [5.41, 5.74) is -0.538. The van der Waals surface area contributed by atoms with E-state index in [1.807, 2.05) is 6.92 Å². The van der Waals surface area contributed by atoms with Crippen LogP contribution < -0.4 is 0 Å². The molecule has 3 heteroatoms. The minimum atomic E-state index is -0.484. The first-order valence-electron chi connectivity index (χ1n) is 5.37. The predicted octanol–water partition coefficient (Wildman–Crippen LogP) is 1.26. The first kappa shape index (κ1) is 12.0. The molecule has 0 spiro atoms. The van der Waals surface area contributed by atoms with Gasteiger partial charge >= 0.3 is 0 Å². The van der Waals surface area contributed by atoms with Gasteiger partial charge in [-0.2, -0.15) is 0 Å². The van der Waals surface area contributed by atoms with E-state index in [4.69, 9.17) is 4.74 Å². The van der Waals surface area contributed by atoms with Gasteiger partial charge in [-0.3, -0.25) is 4.90 Å². The van der Waals surface area contributed by atoms with E-state index in [2.05, 4.69) is 25.7 Å². The van der Waals surface area contributed by atoms with Gasteiger partial charge in [0.25, 0.3) is 0 Å². The van der Waals surface area contributed by atoms with E-state index in [-0.39, 0.29) is 5.60 Å². The number of aliphatic hydroxyl groups is 1. The van der Waals surface area contributed by atoms with E-state index < -0.39 is 5.60 Å². The van der Waals surface area contributed by atoms with Crippen LogP contribution in [0.2, 0.25) is 0 Å². The molecule has 1 aliphatic rings. The number of ether oxygens (including phenoxy) is 1. The Bertz CT molecular complexity index is 184. The lowest BCUT2D eigenvalue weighted by Gasteiger charge is -2.23. The molecule has 1 unspecified atom stereocenters. The summed E-state index contributed by atoms with van der Waals surface area (Å²) < 4.78 is 5.64. The zero-order valence-corrected chi connectivity index (χ0v) is 9.84. The fourth-order valence-electron chi connectivity index (χ4n) is 1.71. The van der Waals surface area contributed by atoms with Crippen molar-refractivity contribution in [3.8, 4) is 0 Å². The van der Waals surface area contributed by atoms with Crippen molar-refractivity contribution in [2.24, 2.45) is 0 Å². The fourth-order valence-corrected chi connectivity index (χ4v) is 1.71. The molecule has 0 radical (unpaired) electrons. The lowest BCUT2D eigenvalue weighted by Crippen LogP contribution is -2.33. The van der Waals surface area contributed by atoms with Crippen LogP contribution in [0.3, 0.4) is 0 Å². The topological polar surface area (TPSA) is 32.7 Å². The lowest BCUT2D eigenvalue weighted by atomic mass is 10.1. The average molecular weight is 201 g/mol. The van der Waals surface area contributed by atoms with Crippen LogP contribution in [0.15, 0.2) is 0 Å². The molecule has 1 N–H and O–H groups in total. The Morgan fingerprint density at radius 2 is 2.07 bits per heavy atom. The minimum absolute atomic E-state index is 0.0533. The van der Waals surface area contributed by atoms with Gasteiger partial charge in [0.1, 0.15) is 0 Å². The van der Waals surface area contributed by atoms with Crippen molar-refractivity contribution in [3.63, 3.8) is 0 Å². The largest absolute Gasteiger partial charge is 0.389 e. The molecule has 0 aliphatic carbocycles. The third kappa shape index (κ3) is 4.40. The summed E-state index contributed by atoms with van der Waals surface area (Å²) >= 11 is 0. The Balaban J connectivity index is 2.15. The molecule has 1 rings (SSSR count). The molecule has 1 aliphatic heterocycles. The number of nitrogens with zero attached hydrogens (tertiary/aromatic N) is 1. The highest BCUT2D eigenvalue weighted by Gasteiger charge is 2.30. The molecule has 0 saturated carbocycles. The zero-order chi connectivity index (χ0) is 10.8. The van der Waals surface area contributed by atoms with Gasteiger partial charge in [-0.25, -0.2) is 0 Å². The summed E-state index contributed by atoms with van der Waals surface area (Å²) in [7, 11) is 0. The number of rotatable bonds is 3. The van der Waals surface area contributed by atoms with Gasteiger partial charge in [0.05, 0.1) is 17.8 Å². The molecule has 84 valence electrons. The molecule has 0 aromatic carbocycles. The Labute approximate surface area is 87.1 Å². The molecule has 1 saturated heterocycles. The summed E-state index contributed by atoms with van der Waals surface area (Å²) in [6.45, 7) is 11.5. The second-order valence-electron chi connectivity index (χ2n) is 5.48. The van der Waals surface area contributed by atoms with Crippen LogP contribution in [0.4, 0.5) is 0 Å². The molecule has 0 bridgehead atoms. The van der Waals surface area contributed by atoms with Crippen LogP contribution in [0.5, 0.6) is 0 Å². The molecule has 14 heavy (non-hydrogen) atoms. The van der Waals surface area contributed by atoms with Gasteiger partial charge in [0, 0.05) is 19.6 Å². The summed E-state index contributed by atoms with van der Waals surface area (Å²) in [5.74, 6) is 0. The van der Waals surface area contributed by atoms with Gasteiger partial charge in [0.15, 0.2) is 0 Å². The Hall–Kier alpha value is -0.120. The van der Waals surface area contributed by atoms with Crippen molar-refractivity contribution in [1.29, 1.82) is 0 Å². The summed E-state index contributed by atoms with van der Waals surface area (Å²) in [5, 5.41) is 9.74. The van der Waals surface area contributed by atoms with E-state index in [9.17, 15) is 5.11 Å². The molecule has 0 aromatic rings. The van der Waals surface area contributed by atoms with Crippen molar-refractivity contribution in [2.75, 3.05) is 26.2 Å². The summed E-state index contributed by atoms with van der Waals surface area (Å²) in [4.78, 5) is 2.26. The Morgan fingerprint density at radius 3 is 2.50 bits per heavy atom. The first-order chi connectivity index (χ1) is 6.29. The SMILES string of the molecule is CC1(O)CCN(CCOC(C)(C)C)C1. The molecule has 0 aromatic heterocycles. The molecule has 1 atom stereocenters. The van der Waals surface area contributed by atoms with Crippen LogP contribution in [0, 0.1) is 0 Å². The van der Waals surface area contributed by atoms with Gasteiger partial charge in [-0.1, -0.05) is 0 Å². The van der Waals surface area contributed by atoms with E-state index in [0.29, 0.717) is 0 Å². The second kappa shape index (κ2) is 4.17. The molecular formula is C11H23NO2. The number of likely N-dealkylation sites (tertiary alicyclic amines) is 1. The van der Waals surface area contributed by atoms with E-state index in [0.717, 1.165) is 32.7 Å². The van der Waals surface area contributed by atoms with E-state index >= 15 is 0 Å². The fraction of sp³-hybridized carbons (Fsp3) is 1.00.